The molecule has 46 heavy (non-hydrogen) atoms. The Bertz CT molecular complexity index is 1780. The molecule has 8 nitrogen and oxygen atoms in total. The third-order valence-corrected chi connectivity index (χ3v) is 8.09. The number of aromatic nitrogens is 2. The Kier molecular flexibility index (Phi) is 10.9. The van der Waals surface area contributed by atoms with Crippen molar-refractivity contribution in [1.82, 2.24) is 14.5 Å². The van der Waals surface area contributed by atoms with Gasteiger partial charge >= 0.3 is 0 Å². The Hall–Kier alpha value is -4.86. The van der Waals surface area contributed by atoms with Gasteiger partial charge in [0.25, 0.3) is 5.91 Å². The summed E-state index contributed by atoms with van der Waals surface area (Å²) in [5.41, 5.74) is 17.8. The Morgan fingerprint density at radius 3 is 2.30 bits per heavy atom. The van der Waals surface area contributed by atoms with Gasteiger partial charge in [0.1, 0.15) is 17.5 Å². The smallest absolute Gasteiger partial charge is 0.254 e. The molecule has 9 heteroatoms. The summed E-state index contributed by atoms with van der Waals surface area (Å²) in [6, 6.07) is 27.7. The second kappa shape index (κ2) is 15.4. The fraction of sp³-hybridized carbons (Fsp3) is 0.270. The topological polar surface area (TPSA) is 123 Å². The summed E-state index contributed by atoms with van der Waals surface area (Å²) >= 11 is 0. The fourth-order valence-corrected chi connectivity index (χ4v) is 5.54. The lowest BCUT2D eigenvalue weighted by atomic mass is 10.1. The third-order valence-electron chi connectivity index (χ3n) is 8.09. The first-order chi connectivity index (χ1) is 22.4. The number of nitrogen functional groups attached to an aromatic ring is 1. The molecule has 1 aromatic heterocycles. The number of nitrogens with zero attached hydrogens (tertiary/aromatic N) is 3. The van der Waals surface area contributed by atoms with Crippen molar-refractivity contribution in [3.05, 3.63) is 136 Å². The molecular formula is C37H41FN6O2. The summed E-state index contributed by atoms with van der Waals surface area (Å²) in [5.74, 6) is 0.423. The maximum Gasteiger partial charge on any atom is 0.254 e. The molecule has 1 heterocycles. The molecule has 0 aliphatic carbocycles. The maximum atomic E-state index is 14.7. The highest BCUT2D eigenvalue weighted by Gasteiger charge is 2.20. The number of carbonyl (C=O) groups is 1. The first kappa shape index (κ1) is 32.5. The van der Waals surface area contributed by atoms with Crippen molar-refractivity contribution in [3.63, 3.8) is 0 Å². The molecule has 0 unspecified atom stereocenters. The number of fused-ring (bicyclic) bond motifs is 1. The average Bonchev–Trinajstić information content (AvgIpc) is 3.43. The number of nitrogens with two attached hydrogens (primary N) is 2. The monoisotopic (exact) mass is 620 g/mol. The minimum Gasteiger partial charge on any atom is -0.384 e. The van der Waals surface area contributed by atoms with Gasteiger partial charge in [-0.05, 0) is 60.7 Å². The van der Waals surface area contributed by atoms with Crippen LogP contribution < -0.4 is 11.5 Å². The minimum absolute atomic E-state index is 0.0463. The quantitative estimate of drug-likeness (QED) is 0.0756. The average molecular weight is 621 g/mol. The molecular weight excluding hydrogens is 579 g/mol. The molecule has 0 bridgehead atoms. The van der Waals surface area contributed by atoms with Gasteiger partial charge in [0.05, 0.1) is 11.0 Å². The molecule has 0 fully saturated rings. The van der Waals surface area contributed by atoms with E-state index in [0.29, 0.717) is 49.4 Å². The minimum atomic E-state index is -0.347. The van der Waals surface area contributed by atoms with Crippen molar-refractivity contribution >= 4 is 22.8 Å². The van der Waals surface area contributed by atoms with Crippen LogP contribution in [0.3, 0.4) is 0 Å². The van der Waals surface area contributed by atoms with Crippen LogP contribution >= 0.6 is 0 Å². The van der Waals surface area contributed by atoms with Crippen LogP contribution in [-0.2, 0) is 43.8 Å². The van der Waals surface area contributed by atoms with E-state index < -0.39 is 0 Å². The summed E-state index contributed by atoms with van der Waals surface area (Å²) < 4.78 is 22.5. The highest BCUT2D eigenvalue weighted by Crippen LogP contribution is 2.23. The lowest BCUT2D eigenvalue weighted by molar-refractivity contribution is 0.0728. The van der Waals surface area contributed by atoms with E-state index in [1.807, 2.05) is 73.7 Å². The molecule has 4 aromatic carbocycles. The highest BCUT2D eigenvalue weighted by molar-refractivity contribution is 5.97. The molecule has 0 aliphatic rings. The molecule has 5 N–H and O–H groups in total. The fourth-order valence-electron chi connectivity index (χ4n) is 5.54. The second-order valence-corrected chi connectivity index (χ2v) is 11.3. The zero-order valence-electron chi connectivity index (χ0n) is 26.2. The van der Waals surface area contributed by atoms with Gasteiger partial charge in [-0.2, -0.15) is 0 Å². The van der Waals surface area contributed by atoms with E-state index in [9.17, 15) is 9.18 Å². The van der Waals surface area contributed by atoms with Crippen LogP contribution in [0.2, 0.25) is 0 Å². The summed E-state index contributed by atoms with van der Waals surface area (Å²) in [7, 11) is 0. The second-order valence-electron chi connectivity index (χ2n) is 11.3. The van der Waals surface area contributed by atoms with E-state index >= 15 is 0 Å². The largest absolute Gasteiger partial charge is 0.384 e. The number of nitrogens with one attached hydrogen (secondary N) is 1. The normalized spacial score (nSPS) is 11.2. The lowest BCUT2D eigenvalue weighted by Crippen LogP contribution is -2.30. The van der Waals surface area contributed by atoms with Crippen molar-refractivity contribution in [2.45, 2.75) is 52.4 Å². The number of imidazole rings is 1. The van der Waals surface area contributed by atoms with Gasteiger partial charge in [-0.1, -0.05) is 66.7 Å². The first-order valence-electron chi connectivity index (χ1n) is 15.7. The number of hydrogen-bond donors (Lipinski definition) is 3. The standard InChI is InChI=1S/C37H41FN6O2/c1-2-46-21-5-20-44-34-18-17-30(22-33(34)42-35(44)19-14-26-12-15-29(16-13-26)36(40)41)37(45)43(25-31-6-3-4-7-32(31)38)24-28-10-8-27(23-39)9-11-28/h3-4,6-13,15-18,22H,2,5,14,19-21,23-25,39H2,1H3,(H3,40,41). The maximum absolute atomic E-state index is 14.7. The van der Waals surface area contributed by atoms with Crippen molar-refractivity contribution in [2.75, 3.05) is 13.2 Å². The van der Waals surface area contributed by atoms with Gasteiger partial charge in [0.15, 0.2) is 0 Å². The van der Waals surface area contributed by atoms with E-state index in [-0.39, 0.29) is 24.1 Å². The van der Waals surface area contributed by atoms with Gasteiger partial charge in [-0.3, -0.25) is 10.2 Å². The molecule has 0 aliphatic heterocycles. The van der Waals surface area contributed by atoms with Crippen LogP contribution in [0.5, 0.6) is 0 Å². The van der Waals surface area contributed by atoms with Crippen LogP contribution in [0, 0.1) is 11.2 Å². The van der Waals surface area contributed by atoms with Gasteiger partial charge in [-0.15, -0.1) is 0 Å². The number of carbonyl (C=O) groups excluding carboxylic acids is 1. The molecule has 0 saturated heterocycles. The van der Waals surface area contributed by atoms with Gasteiger partial charge in [0, 0.05) is 62.5 Å². The Labute approximate surface area is 269 Å². The molecule has 1 amide bonds. The van der Waals surface area contributed by atoms with Crippen LogP contribution in [0.25, 0.3) is 11.0 Å². The number of benzene rings is 4. The van der Waals surface area contributed by atoms with Gasteiger partial charge < -0.3 is 25.7 Å². The zero-order chi connectivity index (χ0) is 32.5. The lowest BCUT2D eigenvalue weighted by Gasteiger charge is -2.24. The van der Waals surface area contributed by atoms with E-state index in [1.165, 1.54) is 6.07 Å². The van der Waals surface area contributed by atoms with Crippen molar-refractivity contribution in [3.8, 4) is 0 Å². The SMILES string of the molecule is CCOCCCn1c(CCc2ccc(C(=N)N)cc2)nc2cc(C(=O)N(Cc3ccc(CN)cc3)Cc3ccccc3F)ccc21. The summed E-state index contributed by atoms with van der Waals surface area (Å²) in [5, 5.41) is 7.64. The predicted octanol–water partition coefficient (Wildman–Crippen LogP) is 5.97. The molecule has 5 rings (SSSR count). The number of amidine groups is 1. The van der Waals surface area contributed by atoms with Crippen molar-refractivity contribution in [2.24, 2.45) is 11.5 Å². The first-order valence-corrected chi connectivity index (χ1v) is 15.7. The third kappa shape index (κ3) is 8.04. The van der Waals surface area contributed by atoms with E-state index in [0.717, 1.165) is 52.9 Å². The van der Waals surface area contributed by atoms with E-state index in [1.54, 1.807) is 23.1 Å². The van der Waals surface area contributed by atoms with Crippen LogP contribution in [-0.4, -0.2) is 39.4 Å². The van der Waals surface area contributed by atoms with Crippen molar-refractivity contribution < 1.29 is 13.9 Å². The Morgan fingerprint density at radius 2 is 1.61 bits per heavy atom. The molecule has 0 spiro atoms. The van der Waals surface area contributed by atoms with Crippen LogP contribution in [0.1, 0.15) is 57.3 Å². The molecule has 0 atom stereocenters. The molecule has 5 aromatic rings. The van der Waals surface area contributed by atoms with Crippen LogP contribution in [0.15, 0.2) is 91.0 Å². The Morgan fingerprint density at radius 1 is 0.913 bits per heavy atom. The summed E-state index contributed by atoms with van der Waals surface area (Å²) in [6.45, 7) is 4.91. The summed E-state index contributed by atoms with van der Waals surface area (Å²) in [4.78, 5) is 20.7. The molecule has 0 radical (unpaired) electrons. The molecule has 0 saturated carbocycles. The number of amides is 1. The number of rotatable bonds is 15. The number of hydrogen-bond acceptors (Lipinski definition) is 5. The van der Waals surface area contributed by atoms with Gasteiger partial charge in [-0.25, -0.2) is 9.37 Å². The van der Waals surface area contributed by atoms with Gasteiger partial charge in [0.2, 0.25) is 0 Å². The summed E-state index contributed by atoms with van der Waals surface area (Å²) in [6.07, 6.45) is 2.29. The Balaban J connectivity index is 1.43. The molecule has 238 valence electrons. The predicted molar refractivity (Wildman–Crippen MR) is 180 cm³/mol. The number of aryl methyl sites for hydroxylation is 3. The highest BCUT2D eigenvalue weighted by atomic mass is 19.1. The number of halogens is 1. The van der Waals surface area contributed by atoms with E-state index in [4.69, 9.17) is 26.6 Å². The number of ether oxygens (including phenoxy) is 1. The van der Waals surface area contributed by atoms with E-state index in [2.05, 4.69) is 4.57 Å². The van der Waals surface area contributed by atoms with Crippen LogP contribution in [0.4, 0.5) is 4.39 Å². The zero-order valence-corrected chi connectivity index (χ0v) is 26.2. The van der Waals surface area contributed by atoms with Crippen molar-refractivity contribution in [1.29, 1.82) is 5.41 Å².